The molecular weight excluding hydrogens is 620 g/mol. The van der Waals surface area contributed by atoms with E-state index in [1.54, 1.807) is 50.2 Å². The third-order valence-electron chi connectivity index (χ3n) is 7.62. The number of nitrogens with zero attached hydrogens (tertiary/aromatic N) is 6. The molecule has 1 saturated heterocycles. The minimum absolute atomic E-state index is 0.0137. The van der Waals surface area contributed by atoms with E-state index < -0.39 is 11.7 Å². The standard InChI is InChI=1S/C30H39ClN8O5S/c1-18(40)37-10-8-19(15-37)21-13-22(25-27(32)33-17-34-39(21)25)38-9-6-7-20(16-38)35-28(41)26-23(14-24(31)45-26)43-12-11-36(5)29(42)44-30(2,3)4/h8,13-14,17,20H,6-7,9-12,15-16H2,1-5H3,(H,35,41)(H2,32,33,34)/t20-/m1/s1. The van der Waals surface area contributed by atoms with Crippen molar-refractivity contribution in [1.29, 1.82) is 0 Å². The van der Waals surface area contributed by atoms with Crippen molar-refractivity contribution < 1.29 is 23.9 Å². The lowest BCUT2D eigenvalue weighted by Gasteiger charge is -2.34. The van der Waals surface area contributed by atoms with Crippen LogP contribution in [0.3, 0.4) is 0 Å². The van der Waals surface area contributed by atoms with Crippen molar-refractivity contribution in [2.75, 3.05) is 57.0 Å². The maximum absolute atomic E-state index is 13.5. The number of nitrogens with two attached hydrogens (primary N) is 1. The van der Waals surface area contributed by atoms with Crippen LogP contribution in [0, 0.1) is 0 Å². The van der Waals surface area contributed by atoms with E-state index in [9.17, 15) is 14.4 Å². The number of fused-ring (bicyclic) bond motifs is 1. The fourth-order valence-corrected chi connectivity index (χ4v) is 6.46. The Morgan fingerprint density at radius 2 is 2.04 bits per heavy atom. The maximum Gasteiger partial charge on any atom is 0.410 e. The summed E-state index contributed by atoms with van der Waals surface area (Å²) in [5.41, 5.74) is 9.18. The fourth-order valence-electron chi connectivity index (χ4n) is 5.40. The van der Waals surface area contributed by atoms with Gasteiger partial charge in [0.05, 0.1) is 22.3 Å². The number of carbonyl (C=O) groups excluding carboxylic acids is 3. The Kier molecular flexibility index (Phi) is 9.44. The minimum Gasteiger partial charge on any atom is -0.490 e. The second-order valence-corrected chi connectivity index (χ2v) is 13.9. The van der Waals surface area contributed by atoms with E-state index in [0.29, 0.717) is 45.9 Å². The molecule has 2 aliphatic rings. The van der Waals surface area contributed by atoms with E-state index in [4.69, 9.17) is 26.8 Å². The normalized spacial score (nSPS) is 16.9. The van der Waals surface area contributed by atoms with E-state index in [2.05, 4.69) is 20.3 Å². The molecule has 15 heteroatoms. The van der Waals surface area contributed by atoms with Crippen molar-refractivity contribution in [3.8, 4) is 5.75 Å². The molecule has 13 nitrogen and oxygen atoms in total. The van der Waals surface area contributed by atoms with Gasteiger partial charge in [-0.2, -0.15) is 5.10 Å². The Bertz CT molecular complexity index is 1630. The Balaban J connectivity index is 1.26. The zero-order valence-electron chi connectivity index (χ0n) is 26.1. The number of hydrogen-bond donors (Lipinski definition) is 2. The van der Waals surface area contributed by atoms with Gasteiger partial charge in [-0.05, 0) is 45.3 Å². The molecule has 3 aromatic heterocycles. The molecule has 5 heterocycles. The summed E-state index contributed by atoms with van der Waals surface area (Å²) < 4.78 is 13.5. The molecule has 0 unspecified atom stereocenters. The van der Waals surface area contributed by atoms with Crippen LogP contribution in [-0.4, -0.2) is 100 Å². The van der Waals surface area contributed by atoms with Gasteiger partial charge < -0.3 is 35.2 Å². The number of nitrogen functional groups attached to an aromatic ring is 1. The van der Waals surface area contributed by atoms with Crippen LogP contribution < -0.4 is 20.7 Å². The Hall–Kier alpha value is -4.04. The van der Waals surface area contributed by atoms with Gasteiger partial charge in [0.2, 0.25) is 5.91 Å². The Morgan fingerprint density at radius 3 is 2.76 bits per heavy atom. The highest BCUT2D eigenvalue weighted by Crippen LogP contribution is 2.36. The molecule has 0 saturated carbocycles. The van der Waals surface area contributed by atoms with Crippen LogP contribution in [0.25, 0.3) is 11.1 Å². The highest BCUT2D eigenvalue weighted by atomic mass is 35.5. The average Bonchev–Trinajstić information content (AvgIpc) is 3.69. The second kappa shape index (κ2) is 13.1. The predicted octanol–water partition coefficient (Wildman–Crippen LogP) is 3.92. The van der Waals surface area contributed by atoms with Gasteiger partial charge in [-0.15, -0.1) is 11.3 Å². The molecule has 0 aromatic carbocycles. The summed E-state index contributed by atoms with van der Waals surface area (Å²) in [4.78, 5) is 47.6. The number of anilines is 2. The number of nitrogens with one attached hydrogen (secondary N) is 1. The van der Waals surface area contributed by atoms with Crippen LogP contribution in [0.15, 0.2) is 24.5 Å². The van der Waals surface area contributed by atoms with E-state index in [1.807, 2.05) is 12.1 Å². The van der Waals surface area contributed by atoms with Crippen LogP contribution in [0.2, 0.25) is 4.34 Å². The third kappa shape index (κ3) is 7.44. The van der Waals surface area contributed by atoms with Crippen LogP contribution in [-0.2, 0) is 9.53 Å². The van der Waals surface area contributed by atoms with Gasteiger partial charge in [-0.25, -0.2) is 14.3 Å². The Morgan fingerprint density at radius 1 is 1.27 bits per heavy atom. The van der Waals surface area contributed by atoms with Crippen LogP contribution >= 0.6 is 22.9 Å². The number of thiophene rings is 1. The molecule has 3 N–H and O–H groups in total. The minimum atomic E-state index is -0.601. The van der Waals surface area contributed by atoms with Crippen LogP contribution in [0.1, 0.15) is 55.9 Å². The van der Waals surface area contributed by atoms with Gasteiger partial charge in [0.25, 0.3) is 5.91 Å². The van der Waals surface area contributed by atoms with Crippen molar-refractivity contribution in [1.82, 2.24) is 29.7 Å². The zero-order valence-corrected chi connectivity index (χ0v) is 27.7. The van der Waals surface area contributed by atoms with E-state index in [-0.39, 0.29) is 31.0 Å². The molecular formula is C30H39ClN8O5S. The molecule has 1 fully saturated rings. The third-order valence-corrected chi connectivity index (χ3v) is 8.86. The monoisotopic (exact) mass is 658 g/mol. The van der Waals surface area contributed by atoms with Gasteiger partial charge in [-0.3, -0.25) is 9.59 Å². The van der Waals surface area contributed by atoms with Gasteiger partial charge in [0.15, 0.2) is 5.82 Å². The molecule has 0 bridgehead atoms. The molecule has 0 spiro atoms. The lowest BCUT2D eigenvalue weighted by molar-refractivity contribution is -0.127. The lowest BCUT2D eigenvalue weighted by atomic mass is 10.0. The molecule has 1 atom stereocenters. The zero-order chi connectivity index (χ0) is 32.5. The molecule has 3 aromatic rings. The average molecular weight is 659 g/mol. The lowest BCUT2D eigenvalue weighted by Crippen LogP contribution is -2.47. The number of rotatable bonds is 8. The molecule has 242 valence electrons. The molecule has 2 aliphatic heterocycles. The van der Waals surface area contributed by atoms with E-state index >= 15 is 0 Å². The number of likely N-dealkylation sites (N-methyl/N-ethyl adjacent to an activating group) is 1. The Labute approximate surface area is 270 Å². The second-order valence-electron chi connectivity index (χ2n) is 12.2. The van der Waals surface area contributed by atoms with Crippen molar-refractivity contribution in [3.63, 3.8) is 0 Å². The molecule has 0 aliphatic carbocycles. The van der Waals surface area contributed by atoms with Crippen molar-refractivity contribution in [3.05, 3.63) is 39.4 Å². The quantitative estimate of drug-likeness (QED) is 0.368. The number of aromatic nitrogens is 3. The van der Waals surface area contributed by atoms with Crippen LogP contribution in [0.4, 0.5) is 16.3 Å². The highest BCUT2D eigenvalue weighted by Gasteiger charge is 2.29. The SMILES string of the molecule is CC(=O)N1CC=C(c2cc(N3CCC[C@@H](NC(=O)c4sc(Cl)cc4OCCN(C)C(=O)OC(C)(C)C)C3)c3c(N)ncnn23)C1. The number of halogens is 1. The van der Waals surface area contributed by atoms with Crippen LogP contribution in [0.5, 0.6) is 5.75 Å². The van der Waals surface area contributed by atoms with Gasteiger partial charge in [-0.1, -0.05) is 17.7 Å². The topological polar surface area (TPSA) is 148 Å². The highest BCUT2D eigenvalue weighted by molar-refractivity contribution is 7.18. The summed E-state index contributed by atoms with van der Waals surface area (Å²) in [7, 11) is 1.63. The summed E-state index contributed by atoms with van der Waals surface area (Å²) in [6.07, 6.45) is 4.64. The largest absolute Gasteiger partial charge is 0.490 e. The van der Waals surface area contributed by atoms with Crippen molar-refractivity contribution >= 4 is 63.4 Å². The first-order valence-electron chi connectivity index (χ1n) is 14.8. The molecule has 5 rings (SSSR count). The maximum atomic E-state index is 13.5. The first kappa shape index (κ1) is 32.4. The summed E-state index contributed by atoms with van der Waals surface area (Å²) in [6, 6.07) is 3.50. The van der Waals surface area contributed by atoms with Gasteiger partial charge in [0.1, 0.15) is 34.7 Å². The van der Waals surface area contributed by atoms with E-state index in [0.717, 1.165) is 47.7 Å². The van der Waals surface area contributed by atoms with Gasteiger partial charge >= 0.3 is 6.09 Å². The molecule has 3 amide bonds. The van der Waals surface area contributed by atoms with E-state index in [1.165, 1.54) is 11.2 Å². The summed E-state index contributed by atoms with van der Waals surface area (Å²) in [5.74, 6) is 0.455. The number of amides is 3. The smallest absolute Gasteiger partial charge is 0.410 e. The van der Waals surface area contributed by atoms with Gasteiger partial charge in [0, 0.05) is 52.3 Å². The first-order valence-corrected chi connectivity index (χ1v) is 16.0. The van der Waals surface area contributed by atoms with Crippen molar-refractivity contribution in [2.24, 2.45) is 0 Å². The predicted molar refractivity (Wildman–Crippen MR) is 174 cm³/mol. The number of ether oxygens (including phenoxy) is 2. The fraction of sp³-hybridized carbons (Fsp3) is 0.500. The number of carbonyl (C=O) groups is 3. The molecule has 0 radical (unpaired) electrons. The summed E-state index contributed by atoms with van der Waals surface area (Å²) in [5, 5.41) is 7.64. The van der Waals surface area contributed by atoms with Crippen molar-refractivity contribution in [2.45, 2.75) is 52.2 Å². The summed E-state index contributed by atoms with van der Waals surface area (Å²) in [6.45, 7) is 9.76. The summed E-state index contributed by atoms with van der Waals surface area (Å²) >= 11 is 7.43. The first-order chi connectivity index (χ1) is 21.3. The molecule has 45 heavy (non-hydrogen) atoms. The number of piperidine rings is 1. The number of hydrogen-bond acceptors (Lipinski definition) is 10.